The highest BCUT2D eigenvalue weighted by Crippen LogP contribution is 2.25. The molecule has 1 aromatic carbocycles. The maximum Gasteiger partial charge on any atom is 0.254 e. The van der Waals surface area contributed by atoms with Crippen molar-refractivity contribution in [3.8, 4) is 0 Å². The van der Waals surface area contributed by atoms with Crippen LogP contribution in [0.3, 0.4) is 0 Å². The summed E-state index contributed by atoms with van der Waals surface area (Å²) in [6.45, 7) is 5.89. The van der Waals surface area contributed by atoms with Gasteiger partial charge in [0.2, 0.25) is 0 Å². The number of aromatic nitrogens is 2. The van der Waals surface area contributed by atoms with Gasteiger partial charge in [0.1, 0.15) is 10.8 Å². The molecule has 0 aliphatic carbocycles. The van der Waals surface area contributed by atoms with Gasteiger partial charge in [-0.15, -0.1) is 0 Å². The largest absolute Gasteiger partial charge is 0.361 e. The van der Waals surface area contributed by atoms with E-state index in [1.165, 1.54) is 11.8 Å². The van der Waals surface area contributed by atoms with Crippen LogP contribution in [0.25, 0.3) is 0 Å². The molecule has 1 atom stereocenters. The lowest BCUT2D eigenvalue weighted by atomic mass is 10.0. The fourth-order valence-corrected chi connectivity index (χ4v) is 3.60. The lowest BCUT2D eigenvalue weighted by Gasteiger charge is -2.17. The second-order valence-electron chi connectivity index (χ2n) is 6.13. The van der Waals surface area contributed by atoms with E-state index in [4.69, 9.17) is 4.52 Å². The summed E-state index contributed by atoms with van der Waals surface area (Å²) < 4.78 is 5.08. The van der Waals surface area contributed by atoms with E-state index in [0.29, 0.717) is 16.3 Å². The first-order valence-corrected chi connectivity index (χ1v) is 9.39. The van der Waals surface area contributed by atoms with E-state index in [1.807, 2.05) is 51.1 Å². The average molecular weight is 367 g/mol. The summed E-state index contributed by atoms with van der Waals surface area (Å²) in [5.41, 5.74) is 3.66. The van der Waals surface area contributed by atoms with Crippen LogP contribution in [0.5, 0.6) is 0 Å². The number of hydrogen-bond acceptors (Lipinski definition) is 5. The smallest absolute Gasteiger partial charge is 0.254 e. The fourth-order valence-electron chi connectivity index (χ4n) is 2.73. The molecule has 2 heterocycles. The molecule has 3 aromatic rings. The Bertz CT molecular complexity index is 907. The molecule has 0 saturated heterocycles. The molecule has 0 radical (unpaired) electrons. The van der Waals surface area contributed by atoms with Crippen LogP contribution in [0.15, 0.2) is 58.2 Å². The van der Waals surface area contributed by atoms with E-state index >= 15 is 0 Å². The van der Waals surface area contributed by atoms with Crippen LogP contribution in [0.2, 0.25) is 0 Å². The molecule has 3 rings (SSSR count). The summed E-state index contributed by atoms with van der Waals surface area (Å²) in [7, 11) is 0. The third kappa shape index (κ3) is 4.32. The number of pyridine rings is 1. The molecule has 134 valence electrons. The Morgan fingerprint density at radius 1 is 1.23 bits per heavy atom. The van der Waals surface area contributed by atoms with Gasteiger partial charge in [-0.1, -0.05) is 41.2 Å². The molecular weight excluding hydrogens is 346 g/mol. The first-order chi connectivity index (χ1) is 12.5. The molecule has 0 saturated carbocycles. The predicted molar refractivity (Wildman–Crippen MR) is 102 cm³/mol. The van der Waals surface area contributed by atoms with Crippen LogP contribution in [-0.2, 0) is 5.75 Å². The molecule has 0 aliphatic rings. The number of carbonyl (C=O) groups is 1. The van der Waals surface area contributed by atoms with Crippen LogP contribution in [0.4, 0.5) is 0 Å². The summed E-state index contributed by atoms with van der Waals surface area (Å²) in [4.78, 5) is 17.1. The number of aryl methyl sites for hydroxylation is 2. The van der Waals surface area contributed by atoms with Gasteiger partial charge in [0.25, 0.3) is 5.91 Å². The minimum atomic E-state index is -0.132. The van der Waals surface area contributed by atoms with Gasteiger partial charge in [0.15, 0.2) is 0 Å². The lowest BCUT2D eigenvalue weighted by molar-refractivity contribution is 0.0936. The summed E-state index contributed by atoms with van der Waals surface area (Å²) in [5, 5.41) is 7.73. The van der Waals surface area contributed by atoms with E-state index in [-0.39, 0.29) is 11.9 Å². The van der Waals surface area contributed by atoms with Crippen molar-refractivity contribution in [3.63, 3.8) is 0 Å². The molecular formula is C20H21N3O2S. The van der Waals surface area contributed by atoms with Crippen molar-refractivity contribution in [1.82, 2.24) is 15.5 Å². The Kier molecular flexibility index (Phi) is 5.73. The number of rotatable bonds is 6. The van der Waals surface area contributed by atoms with E-state index < -0.39 is 0 Å². The number of amides is 1. The summed E-state index contributed by atoms with van der Waals surface area (Å²) in [5.74, 6) is 1.24. The second kappa shape index (κ2) is 8.19. The van der Waals surface area contributed by atoms with Crippen molar-refractivity contribution in [1.29, 1.82) is 0 Å². The molecule has 1 amide bonds. The lowest BCUT2D eigenvalue weighted by Crippen LogP contribution is -2.27. The van der Waals surface area contributed by atoms with Gasteiger partial charge in [-0.2, -0.15) is 0 Å². The quantitative estimate of drug-likeness (QED) is 0.651. The van der Waals surface area contributed by atoms with Gasteiger partial charge in [0, 0.05) is 18.0 Å². The molecule has 0 bridgehead atoms. The number of carbonyl (C=O) groups excluding carboxylic acids is 1. The number of thioether (sulfide) groups is 1. The van der Waals surface area contributed by atoms with E-state index in [1.54, 1.807) is 18.3 Å². The monoisotopic (exact) mass is 367 g/mol. The predicted octanol–water partition coefficient (Wildman–Crippen LogP) is 4.47. The highest BCUT2D eigenvalue weighted by Gasteiger charge is 2.17. The fraction of sp³-hybridized carbons (Fsp3) is 0.250. The zero-order valence-corrected chi connectivity index (χ0v) is 15.8. The molecule has 26 heavy (non-hydrogen) atoms. The topological polar surface area (TPSA) is 68.0 Å². The Hall–Kier alpha value is -2.60. The highest BCUT2D eigenvalue weighted by atomic mass is 32.2. The van der Waals surface area contributed by atoms with Gasteiger partial charge in [0.05, 0.1) is 17.3 Å². The molecule has 0 aliphatic heterocycles. The molecule has 5 nitrogen and oxygen atoms in total. The highest BCUT2D eigenvalue weighted by molar-refractivity contribution is 7.98. The third-order valence-electron chi connectivity index (χ3n) is 4.05. The van der Waals surface area contributed by atoms with E-state index in [2.05, 4.69) is 15.5 Å². The van der Waals surface area contributed by atoms with Crippen molar-refractivity contribution < 1.29 is 9.32 Å². The Labute approximate surface area is 157 Å². The summed E-state index contributed by atoms with van der Waals surface area (Å²) in [6.07, 6.45) is 1.69. The summed E-state index contributed by atoms with van der Waals surface area (Å²) in [6, 6.07) is 13.4. The average Bonchev–Trinajstić information content (AvgIpc) is 3.05. The normalized spacial score (nSPS) is 12.0. The van der Waals surface area contributed by atoms with Crippen LogP contribution in [-0.4, -0.2) is 16.0 Å². The van der Waals surface area contributed by atoms with Crippen molar-refractivity contribution in [2.45, 2.75) is 37.6 Å². The molecule has 1 N–H and O–H groups in total. The van der Waals surface area contributed by atoms with E-state index in [0.717, 1.165) is 22.6 Å². The number of nitrogens with one attached hydrogen (secondary N) is 1. The number of nitrogens with zero attached hydrogens (tertiary/aromatic N) is 2. The first-order valence-electron chi connectivity index (χ1n) is 8.41. The van der Waals surface area contributed by atoms with Crippen LogP contribution in [0, 0.1) is 13.8 Å². The van der Waals surface area contributed by atoms with Crippen molar-refractivity contribution in [2.75, 3.05) is 0 Å². The number of hydrogen-bond donors (Lipinski definition) is 1. The van der Waals surface area contributed by atoms with Crippen molar-refractivity contribution >= 4 is 17.7 Å². The zero-order chi connectivity index (χ0) is 18.5. The number of benzene rings is 1. The first kappa shape index (κ1) is 18.2. The second-order valence-corrected chi connectivity index (χ2v) is 7.09. The van der Waals surface area contributed by atoms with Crippen molar-refractivity contribution in [2.24, 2.45) is 0 Å². The minimum Gasteiger partial charge on any atom is -0.361 e. The van der Waals surface area contributed by atoms with Gasteiger partial charge in [-0.25, -0.2) is 4.98 Å². The molecule has 2 aromatic heterocycles. The molecule has 1 unspecified atom stereocenters. The Morgan fingerprint density at radius 2 is 2.04 bits per heavy atom. The van der Waals surface area contributed by atoms with Gasteiger partial charge < -0.3 is 9.84 Å². The van der Waals surface area contributed by atoms with Crippen LogP contribution >= 0.6 is 11.8 Å². The zero-order valence-electron chi connectivity index (χ0n) is 15.0. The Balaban J connectivity index is 1.72. The Morgan fingerprint density at radius 3 is 2.77 bits per heavy atom. The third-order valence-corrected chi connectivity index (χ3v) is 5.09. The SMILES string of the molecule is Cc1cc(CSc2ncccc2C(=O)NC(C)c2ccccc2C)no1. The van der Waals surface area contributed by atoms with Gasteiger partial charge >= 0.3 is 0 Å². The molecule has 0 fully saturated rings. The van der Waals surface area contributed by atoms with Gasteiger partial charge in [-0.3, -0.25) is 4.79 Å². The molecule has 0 spiro atoms. The van der Waals surface area contributed by atoms with Crippen LogP contribution in [0.1, 0.15) is 45.9 Å². The minimum absolute atomic E-state index is 0.0834. The van der Waals surface area contributed by atoms with Crippen LogP contribution < -0.4 is 5.32 Å². The maximum atomic E-state index is 12.8. The van der Waals surface area contributed by atoms with E-state index in [9.17, 15) is 4.79 Å². The standard InChI is InChI=1S/C20H21N3O2S/c1-13-7-4-5-8-17(13)15(3)22-19(24)18-9-6-10-21-20(18)26-12-16-11-14(2)25-23-16/h4-11,15H,12H2,1-3H3,(H,22,24). The van der Waals surface area contributed by atoms with Gasteiger partial charge in [-0.05, 0) is 44.0 Å². The summed E-state index contributed by atoms with van der Waals surface area (Å²) >= 11 is 1.47. The molecule has 6 heteroatoms. The van der Waals surface area contributed by atoms with Crippen molar-refractivity contribution in [3.05, 3.63) is 76.8 Å². The maximum absolute atomic E-state index is 12.8.